The van der Waals surface area contributed by atoms with Crippen molar-refractivity contribution in [3.63, 3.8) is 0 Å². The van der Waals surface area contributed by atoms with E-state index in [4.69, 9.17) is 19.3 Å². The lowest BCUT2D eigenvalue weighted by molar-refractivity contribution is -0.161. The van der Waals surface area contributed by atoms with Gasteiger partial charge in [-0.2, -0.15) is 0 Å². The number of allylic oxidation sites excluding steroid dienone is 8. The van der Waals surface area contributed by atoms with Crippen LogP contribution in [0.1, 0.15) is 117 Å². The fraction of sp³-hybridized carbons (Fsp3) is 0.677. The van der Waals surface area contributed by atoms with Crippen molar-refractivity contribution in [1.82, 2.24) is 0 Å². The standard InChI is InChI=1S/C31H53O8P/c1-3-5-7-9-11-12-13-14-15-16-17-18-20-21-23-25-30(32)37-27-29(28-38-40(34,35)36)39-31(33)26-24-22-19-10-8-6-4-2/h5,7,9,11-15,29H,3-4,6,8,10,16-28H2,1-2H3,(H2,34,35,36)/b7-5+,11-9+,13-12+,15-14+/t29-/m1/s1. The van der Waals surface area contributed by atoms with Gasteiger partial charge in [-0.3, -0.25) is 14.1 Å². The lowest BCUT2D eigenvalue weighted by Crippen LogP contribution is -2.29. The van der Waals surface area contributed by atoms with Crippen molar-refractivity contribution >= 4 is 19.8 Å². The molecule has 0 unspecified atom stereocenters. The van der Waals surface area contributed by atoms with Crippen molar-refractivity contribution in [2.45, 2.75) is 123 Å². The summed E-state index contributed by atoms with van der Waals surface area (Å²) in [5.41, 5.74) is 0. The van der Waals surface area contributed by atoms with E-state index in [0.29, 0.717) is 12.8 Å². The van der Waals surface area contributed by atoms with Gasteiger partial charge in [0, 0.05) is 12.8 Å². The van der Waals surface area contributed by atoms with Crippen LogP contribution in [0.25, 0.3) is 0 Å². The van der Waals surface area contributed by atoms with Gasteiger partial charge in [0.15, 0.2) is 6.10 Å². The second-order valence-electron chi connectivity index (χ2n) is 9.79. The second kappa shape index (κ2) is 27.2. The molecule has 9 heteroatoms. The van der Waals surface area contributed by atoms with E-state index < -0.39 is 32.5 Å². The summed E-state index contributed by atoms with van der Waals surface area (Å²) >= 11 is 0. The number of esters is 2. The molecule has 40 heavy (non-hydrogen) atoms. The largest absolute Gasteiger partial charge is 0.469 e. The first-order valence-corrected chi connectivity index (χ1v) is 16.5. The molecule has 0 radical (unpaired) electrons. The first kappa shape index (κ1) is 38.0. The van der Waals surface area contributed by atoms with Crippen LogP contribution >= 0.6 is 7.82 Å². The van der Waals surface area contributed by atoms with Crippen molar-refractivity contribution in [1.29, 1.82) is 0 Å². The smallest absolute Gasteiger partial charge is 0.462 e. The second-order valence-corrected chi connectivity index (χ2v) is 11.0. The molecule has 0 rings (SSSR count). The Morgan fingerprint density at radius 1 is 0.675 bits per heavy atom. The van der Waals surface area contributed by atoms with Gasteiger partial charge in [0.2, 0.25) is 0 Å². The average Bonchev–Trinajstić information content (AvgIpc) is 2.91. The predicted octanol–water partition coefficient (Wildman–Crippen LogP) is 8.06. The van der Waals surface area contributed by atoms with E-state index in [0.717, 1.165) is 57.8 Å². The highest BCUT2D eigenvalue weighted by molar-refractivity contribution is 7.46. The van der Waals surface area contributed by atoms with Gasteiger partial charge < -0.3 is 19.3 Å². The molecule has 0 saturated heterocycles. The fourth-order valence-corrected chi connectivity index (χ4v) is 4.09. The zero-order valence-corrected chi connectivity index (χ0v) is 25.6. The van der Waals surface area contributed by atoms with Crippen LogP contribution < -0.4 is 0 Å². The van der Waals surface area contributed by atoms with E-state index >= 15 is 0 Å². The summed E-state index contributed by atoms with van der Waals surface area (Å²) in [5.74, 6) is -0.926. The third-order valence-electron chi connectivity index (χ3n) is 5.96. The lowest BCUT2D eigenvalue weighted by Gasteiger charge is -2.18. The minimum atomic E-state index is -4.74. The van der Waals surface area contributed by atoms with Gasteiger partial charge in [0.05, 0.1) is 6.61 Å². The Kier molecular flexibility index (Phi) is 25.8. The molecule has 2 N–H and O–H groups in total. The minimum absolute atomic E-state index is 0.203. The van der Waals surface area contributed by atoms with Gasteiger partial charge in [-0.05, 0) is 32.1 Å². The molecule has 0 aromatic rings. The highest BCUT2D eigenvalue weighted by Crippen LogP contribution is 2.35. The Morgan fingerprint density at radius 2 is 1.20 bits per heavy atom. The van der Waals surface area contributed by atoms with Crippen LogP contribution in [-0.2, 0) is 28.2 Å². The van der Waals surface area contributed by atoms with Gasteiger partial charge >= 0.3 is 19.8 Å². The Bertz CT molecular complexity index is 797. The van der Waals surface area contributed by atoms with E-state index in [1.807, 2.05) is 30.4 Å². The summed E-state index contributed by atoms with van der Waals surface area (Å²) in [6.07, 6.45) is 30.0. The molecule has 230 valence electrons. The summed E-state index contributed by atoms with van der Waals surface area (Å²) in [7, 11) is -4.74. The molecule has 0 saturated carbocycles. The number of hydrogen-bond acceptors (Lipinski definition) is 6. The molecule has 0 fully saturated rings. The molecule has 1 atom stereocenters. The molecule has 0 heterocycles. The van der Waals surface area contributed by atoms with Gasteiger partial charge in [-0.1, -0.05) is 120 Å². The van der Waals surface area contributed by atoms with Crippen LogP contribution in [0.4, 0.5) is 0 Å². The van der Waals surface area contributed by atoms with Gasteiger partial charge in [0.25, 0.3) is 0 Å². The van der Waals surface area contributed by atoms with E-state index in [1.165, 1.54) is 19.3 Å². The molecule has 0 spiro atoms. The first-order chi connectivity index (χ1) is 19.3. The summed E-state index contributed by atoms with van der Waals surface area (Å²) in [4.78, 5) is 42.2. The van der Waals surface area contributed by atoms with Gasteiger partial charge in [0.1, 0.15) is 6.61 Å². The third-order valence-corrected chi connectivity index (χ3v) is 6.44. The Labute approximate surface area is 242 Å². The van der Waals surface area contributed by atoms with Crippen LogP contribution in [0.3, 0.4) is 0 Å². The van der Waals surface area contributed by atoms with Gasteiger partial charge in [-0.15, -0.1) is 0 Å². The van der Waals surface area contributed by atoms with Crippen LogP contribution in [0, 0.1) is 0 Å². The van der Waals surface area contributed by atoms with Gasteiger partial charge in [-0.25, -0.2) is 4.57 Å². The number of unbranched alkanes of at least 4 members (excludes halogenated alkanes) is 11. The maximum Gasteiger partial charge on any atom is 0.469 e. The van der Waals surface area contributed by atoms with Crippen molar-refractivity contribution in [2.75, 3.05) is 13.2 Å². The normalized spacial score (nSPS) is 13.2. The van der Waals surface area contributed by atoms with Crippen LogP contribution in [0.5, 0.6) is 0 Å². The number of rotatable bonds is 26. The topological polar surface area (TPSA) is 119 Å². The van der Waals surface area contributed by atoms with E-state index in [9.17, 15) is 14.2 Å². The molecule has 0 bridgehead atoms. The quantitative estimate of drug-likeness (QED) is 0.0453. The number of ether oxygens (including phenoxy) is 2. The molecular weight excluding hydrogens is 531 g/mol. The molecule has 0 amide bonds. The summed E-state index contributed by atoms with van der Waals surface area (Å²) in [5, 5.41) is 0. The molecule has 0 aliphatic rings. The van der Waals surface area contributed by atoms with E-state index in [1.54, 1.807) is 0 Å². The molecular formula is C31H53O8P. The Morgan fingerprint density at radius 3 is 1.80 bits per heavy atom. The third kappa shape index (κ3) is 29.0. The Balaban J connectivity index is 4.08. The number of carbonyl (C=O) groups excluding carboxylic acids is 2. The SMILES string of the molecule is CC/C=C/C=C/C=C/C=C/CCCCCCCC(=O)OC[C@H](COP(=O)(O)O)OC(=O)CCCCCCCCC. The fourth-order valence-electron chi connectivity index (χ4n) is 3.73. The predicted molar refractivity (Wildman–Crippen MR) is 161 cm³/mol. The number of carbonyl (C=O) groups is 2. The number of phosphoric ester groups is 1. The first-order valence-electron chi connectivity index (χ1n) is 15.0. The number of phosphoric acid groups is 1. The average molecular weight is 585 g/mol. The molecule has 0 aromatic heterocycles. The van der Waals surface area contributed by atoms with E-state index in [-0.39, 0.29) is 19.4 Å². The maximum absolute atomic E-state index is 12.2. The van der Waals surface area contributed by atoms with Crippen molar-refractivity contribution in [3.8, 4) is 0 Å². The monoisotopic (exact) mass is 584 g/mol. The molecule has 0 aliphatic carbocycles. The van der Waals surface area contributed by atoms with Crippen LogP contribution in [-0.4, -0.2) is 41.0 Å². The minimum Gasteiger partial charge on any atom is -0.462 e. The Hall–Kier alpha value is -1.99. The molecule has 0 aliphatic heterocycles. The number of hydrogen-bond donors (Lipinski definition) is 2. The summed E-state index contributed by atoms with van der Waals surface area (Å²) in [6.45, 7) is 3.42. The summed E-state index contributed by atoms with van der Waals surface area (Å²) < 4.78 is 26.0. The van der Waals surface area contributed by atoms with Crippen LogP contribution in [0.15, 0.2) is 48.6 Å². The zero-order valence-electron chi connectivity index (χ0n) is 24.7. The van der Waals surface area contributed by atoms with E-state index in [2.05, 4.69) is 36.6 Å². The maximum atomic E-state index is 12.2. The van der Waals surface area contributed by atoms with Crippen molar-refractivity contribution < 1.29 is 37.9 Å². The zero-order chi connectivity index (χ0) is 29.7. The summed E-state index contributed by atoms with van der Waals surface area (Å²) in [6, 6.07) is 0. The van der Waals surface area contributed by atoms with Crippen molar-refractivity contribution in [3.05, 3.63) is 48.6 Å². The lowest BCUT2D eigenvalue weighted by atomic mass is 10.1. The van der Waals surface area contributed by atoms with Crippen LogP contribution in [0.2, 0.25) is 0 Å². The highest BCUT2D eigenvalue weighted by Gasteiger charge is 2.22. The molecule has 0 aromatic carbocycles. The highest BCUT2D eigenvalue weighted by atomic mass is 31.2. The molecule has 8 nitrogen and oxygen atoms in total. The van der Waals surface area contributed by atoms with Crippen molar-refractivity contribution in [2.24, 2.45) is 0 Å².